The van der Waals surface area contributed by atoms with Crippen LogP contribution in [0.3, 0.4) is 0 Å². The first-order chi connectivity index (χ1) is 12.1. The monoisotopic (exact) mass is 418 g/mol. The van der Waals surface area contributed by atoms with Crippen LogP contribution >= 0.6 is 28.1 Å². The molecule has 3 aromatic rings. The molecule has 0 fully saturated rings. The first-order valence-electron chi connectivity index (χ1n) is 7.52. The van der Waals surface area contributed by atoms with Crippen LogP contribution in [-0.4, -0.2) is 32.8 Å². The molecule has 0 aliphatic rings. The van der Waals surface area contributed by atoms with Crippen molar-refractivity contribution in [3.8, 4) is 22.9 Å². The lowest BCUT2D eigenvalue weighted by Gasteiger charge is -2.05. The van der Waals surface area contributed by atoms with Gasteiger partial charge in [-0.3, -0.25) is 0 Å². The number of H-pyrrole nitrogens is 1. The minimum Gasteiger partial charge on any atom is -0.507 e. The van der Waals surface area contributed by atoms with Gasteiger partial charge in [-0.25, -0.2) is 5.10 Å². The third-order valence-electron chi connectivity index (χ3n) is 3.38. The number of hydrogen-bond acceptors (Lipinski definition) is 5. The van der Waals surface area contributed by atoms with Crippen molar-refractivity contribution in [2.75, 3.05) is 6.61 Å². The van der Waals surface area contributed by atoms with Crippen LogP contribution in [0.4, 0.5) is 0 Å². The molecule has 2 N–H and O–H groups in total. The zero-order valence-corrected chi connectivity index (χ0v) is 15.7. The summed E-state index contributed by atoms with van der Waals surface area (Å²) in [6, 6.07) is 12.6. The Morgan fingerprint density at radius 2 is 2.08 bits per heavy atom. The maximum atomic E-state index is 9.92. The molecule has 0 saturated heterocycles. The number of ether oxygens (including phenoxy) is 1. The predicted molar refractivity (Wildman–Crippen MR) is 103 cm³/mol. The minimum atomic E-state index is 0.129. The summed E-state index contributed by atoms with van der Waals surface area (Å²) in [7, 11) is 0. The maximum absolute atomic E-state index is 9.92. The zero-order valence-electron chi connectivity index (χ0n) is 13.3. The van der Waals surface area contributed by atoms with Gasteiger partial charge in [-0.15, -0.1) is 0 Å². The Morgan fingerprint density at radius 3 is 2.80 bits per heavy atom. The minimum absolute atomic E-state index is 0.129. The van der Waals surface area contributed by atoms with E-state index in [1.807, 2.05) is 31.2 Å². The summed E-state index contributed by atoms with van der Waals surface area (Å²) < 4.78 is 8.15. The number of nitrogens with zero attached hydrogens (tertiary/aromatic N) is 3. The summed E-state index contributed by atoms with van der Waals surface area (Å²) >= 11 is 8.62. The lowest BCUT2D eigenvalue weighted by Crippen LogP contribution is -1.96. The second kappa shape index (κ2) is 7.62. The topological polar surface area (TPSA) is 75.4 Å². The van der Waals surface area contributed by atoms with E-state index >= 15 is 0 Å². The molecule has 0 spiro atoms. The molecule has 0 saturated carbocycles. The first kappa shape index (κ1) is 17.4. The van der Waals surface area contributed by atoms with Crippen LogP contribution in [0.15, 0.2) is 52.0 Å². The van der Waals surface area contributed by atoms with Gasteiger partial charge in [0.25, 0.3) is 0 Å². The molecule has 0 radical (unpaired) electrons. The molecule has 25 heavy (non-hydrogen) atoms. The summed E-state index contributed by atoms with van der Waals surface area (Å²) in [5.74, 6) is 1.48. The van der Waals surface area contributed by atoms with Crippen molar-refractivity contribution >= 4 is 34.4 Å². The van der Waals surface area contributed by atoms with Crippen molar-refractivity contribution in [2.45, 2.75) is 6.92 Å². The molecule has 1 aromatic heterocycles. The molecule has 0 unspecified atom stereocenters. The van der Waals surface area contributed by atoms with Gasteiger partial charge >= 0.3 is 0 Å². The number of aromatic hydroxyl groups is 1. The van der Waals surface area contributed by atoms with Crippen molar-refractivity contribution in [3.05, 3.63) is 57.3 Å². The quantitative estimate of drug-likeness (QED) is 0.476. The number of halogens is 1. The summed E-state index contributed by atoms with van der Waals surface area (Å²) in [6.45, 7) is 2.55. The number of phenolic OH excluding ortho intramolecular Hbond substituents is 1. The summed E-state index contributed by atoms with van der Waals surface area (Å²) in [4.78, 5) is 0. The van der Waals surface area contributed by atoms with Crippen LogP contribution in [0.2, 0.25) is 0 Å². The molecular weight excluding hydrogens is 404 g/mol. The molecule has 1 heterocycles. The van der Waals surface area contributed by atoms with Crippen LogP contribution in [0.25, 0.3) is 11.4 Å². The van der Waals surface area contributed by atoms with Crippen molar-refractivity contribution < 1.29 is 9.84 Å². The van der Waals surface area contributed by atoms with E-state index in [0.29, 0.717) is 22.8 Å². The molecule has 0 aliphatic carbocycles. The van der Waals surface area contributed by atoms with Crippen molar-refractivity contribution in [2.24, 2.45) is 5.10 Å². The standard InChI is InChI=1S/C17H15BrN4O2S/c1-2-24-14-6-3-11(4-7-14)16-20-21-17(25)22(16)19-10-12-9-13(18)5-8-15(12)23/h3-10,23H,2H2,1H3,(H,21,25)/b19-10-. The average Bonchev–Trinajstić information content (AvgIpc) is 2.97. The fraction of sp³-hybridized carbons (Fsp3) is 0.118. The Balaban J connectivity index is 1.95. The van der Waals surface area contributed by atoms with Crippen molar-refractivity contribution in [1.29, 1.82) is 0 Å². The van der Waals surface area contributed by atoms with Crippen LogP contribution < -0.4 is 4.74 Å². The van der Waals surface area contributed by atoms with Gasteiger partial charge in [-0.05, 0) is 61.6 Å². The smallest absolute Gasteiger partial charge is 0.216 e. The first-order valence-corrected chi connectivity index (χ1v) is 8.72. The second-order valence-electron chi connectivity index (χ2n) is 5.07. The van der Waals surface area contributed by atoms with E-state index < -0.39 is 0 Å². The van der Waals surface area contributed by atoms with Crippen molar-refractivity contribution in [3.63, 3.8) is 0 Å². The fourth-order valence-corrected chi connectivity index (χ4v) is 2.76. The molecule has 3 rings (SSSR count). The van der Waals surface area contributed by atoms with E-state index in [1.54, 1.807) is 18.2 Å². The summed E-state index contributed by atoms with van der Waals surface area (Å²) in [5, 5.41) is 21.2. The molecule has 0 aliphatic heterocycles. The van der Waals surface area contributed by atoms with Gasteiger partial charge < -0.3 is 9.84 Å². The SMILES string of the molecule is CCOc1ccc(-c2n[nH]c(=S)n2/N=C\c2cc(Br)ccc2O)cc1. The average molecular weight is 419 g/mol. The number of benzene rings is 2. The van der Waals surface area contributed by atoms with Crippen LogP contribution in [0.1, 0.15) is 12.5 Å². The maximum Gasteiger partial charge on any atom is 0.216 e. The van der Waals surface area contributed by atoms with E-state index in [1.165, 1.54) is 10.9 Å². The molecule has 2 aromatic carbocycles. The highest BCUT2D eigenvalue weighted by atomic mass is 79.9. The highest BCUT2D eigenvalue weighted by Gasteiger charge is 2.09. The van der Waals surface area contributed by atoms with Gasteiger partial charge in [-0.2, -0.15) is 14.9 Å². The number of aromatic amines is 1. The van der Waals surface area contributed by atoms with Gasteiger partial charge in [0.1, 0.15) is 11.5 Å². The number of aromatic nitrogens is 3. The Hall–Kier alpha value is -2.45. The van der Waals surface area contributed by atoms with Gasteiger partial charge in [-0.1, -0.05) is 15.9 Å². The third kappa shape index (κ3) is 3.97. The van der Waals surface area contributed by atoms with Crippen LogP contribution in [-0.2, 0) is 0 Å². The third-order valence-corrected chi connectivity index (χ3v) is 4.13. The summed E-state index contributed by atoms with van der Waals surface area (Å²) in [6.07, 6.45) is 1.53. The molecule has 0 amide bonds. The Kier molecular flexibility index (Phi) is 5.30. The number of nitrogens with one attached hydrogen (secondary N) is 1. The molecule has 0 bridgehead atoms. The van der Waals surface area contributed by atoms with Gasteiger partial charge in [0.2, 0.25) is 4.77 Å². The van der Waals surface area contributed by atoms with Gasteiger partial charge in [0, 0.05) is 15.6 Å². The molecule has 8 heteroatoms. The van der Waals surface area contributed by atoms with Crippen LogP contribution in [0, 0.1) is 4.77 Å². The molecular formula is C17H15BrN4O2S. The van der Waals surface area contributed by atoms with E-state index in [0.717, 1.165) is 15.8 Å². The molecule has 6 nitrogen and oxygen atoms in total. The lowest BCUT2D eigenvalue weighted by molar-refractivity contribution is 0.340. The normalized spacial score (nSPS) is 11.1. The Morgan fingerprint density at radius 1 is 1.32 bits per heavy atom. The summed E-state index contributed by atoms with van der Waals surface area (Å²) in [5.41, 5.74) is 1.40. The van der Waals surface area contributed by atoms with E-state index in [4.69, 9.17) is 17.0 Å². The van der Waals surface area contributed by atoms with E-state index in [9.17, 15) is 5.11 Å². The zero-order chi connectivity index (χ0) is 17.8. The Bertz CT molecular complexity index is 964. The largest absolute Gasteiger partial charge is 0.507 e. The van der Waals surface area contributed by atoms with Gasteiger partial charge in [0.05, 0.1) is 12.8 Å². The number of phenols is 1. The highest BCUT2D eigenvalue weighted by molar-refractivity contribution is 9.10. The lowest BCUT2D eigenvalue weighted by atomic mass is 10.2. The molecule has 128 valence electrons. The van der Waals surface area contributed by atoms with E-state index in [2.05, 4.69) is 31.2 Å². The number of rotatable bonds is 5. The second-order valence-corrected chi connectivity index (χ2v) is 6.37. The fourth-order valence-electron chi connectivity index (χ4n) is 2.20. The van der Waals surface area contributed by atoms with Gasteiger partial charge in [0.15, 0.2) is 5.82 Å². The predicted octanol–water partition coefficient (Wildman–Crippen LogP) is 4.36. The van der Waals surface area contributed by atoms with E-state index in [-0.39, 0.29) is 5.75 Å². The van der Waals surface area contributed by atoms with Crippen LogP contribution in [0.5, 0.6) is 11.5 Å². The Labute approximate surface area is 157 Å². The van der Waals surface area contributed by atoms with Crippen molar-refractivity contribution in [1.82, 2.24) is 14.9 Å². The highest BCUT2D eigenvalue weighted by Crippen LogP contribution is 2.22. The number of hydrogen-bond donors (Lipinski definition) is 2. The molecule has 0 atom stereocenters.